The molecule has 0 N–H and O–H groups in total. The van der Waals surface area contributed by atoms with E-state index in [1.54, 1.807) is 0 Å². The van der Waals surface area contributed by atoms with Crippen LogP contribution in [0.1, 0.15) is 233 Å². The summed E-state index contributed by atoms with van der Waals surface area (Å²) in [6, 6.07) is 0. The summed E-state index contributed by atoms with van der Waals surface area (Å²) in [5.74, 6) is -1.02. The minimum atomic E-state index is -0.820. The van der Waals surface area contributed by atoms with Gasteiger partial charge in [-0.25, -0.2) is 0 Å². The maximum absolute atomic E-state index is 12.8. The fourth-order valence-electron chi connectivity index (χ4n) is 7.24. The van der Waals surface area contributed by atoms with Gasteiger partial charge in [-0.15, -0.1) is 0 Å². The van der Waals surface area contributed by atoms with E-state index in [9.17, 15) is 14.4 Å². The Balaban J connectivity index is 4.54. The van der Waals surface area contributed by atoms with Crippen LogP contribution in [0.2, 0.25) is 0 Å². The van der Waals surface area contributed by atoms with Crippen molar-refractivity contribution in [3.8, 4) is 0 Å². The van der Waals surface area contributed by atoms with Crippen molar-refractivity contribution in [1.29, 1.82) is 0 Å². The molecular formula is C62H100O6. The van der Waals surface area contributed by atoms with Crippen LogP contribution >= 0.6 is 0 Å². The van der Waals surface area contributed by atoms with Gasteiger partial charge in [0.25, 0.3) is 0 Å². The molecule has 0 fully saturated rings. The molecule has 1 unspecified atom stereocenters. The first-order valence-electron chi connectivity index (χ1n) is 27.6. The molecule has 0 saturated heterocycles. The third-order valence-corrected chi connectivity index (χ3v) is 11.3. The van der Waals surface area contributed by atoms with Crippen molar-refractivity contribution in [2.24, 2.45) is 0 Å². The second-order valence-corrected chi connectivity index (χ2v) is 17.8. The molecule has 6 nitrogen and oxygen atoms in total. The Labute approximate surface area is 418 Å². The molecule has 0 aromatic rings. The Hall–Kier alpha value is -4.19. The summed E-state index contributed by atoms with van der Waals surface area (Å²) >= 11 is 0. The number of ether oxygens (including phenoxy) is 3. The number of esters is 3. The van der Waals surface area contributed by atoms with Crippen LogP contribution in [-0.2, 0) is 28.6 Å². The predicted molar refractivity (Wildman–Crippen MR) is 293 cm³/mol. The number of hydrogen-bond donors (Lipinski definition) is 0. The molecule has 1 atom stereocenters. The van der Waals surface area contributed by atoms with E-state index < -0.39 is 6.10 Å². The fourth-order valence-corrected chi connectivity index (χ4v) is 7.24. The molecule has 0 rings (SSSR count). The van der Waals surface area contributed by atoms with Crippen molar-refractivity contribution in [3.05, 3.63) is 122 Å². The van der Waals surface area contributed by atoms with E-state index in [4.69, 9.17) is 14.2 Å². The quantitative estimate of drug-likeness (QED) is 0.0199. The van der Waals surface area contributed by atoms with E-state index in [1.807, 2.05) is 24.3 Å². The number of allylic oxidation sites excluding steroid dienone is 20. The molecule has 0 amide bonds. The Kier molecular flexibility index (Phi) is 52.0. The minimum Gasteiger partial charge on any atom is -0.462 e. The predicted octanol–water partition coefficient (Wildman–Crippen LogP) is 18.5. The first-order chi connectivity index (χ1) is 33.5. The van der Waals surface area contributed by atoms with Crippen LogP contribution in [0.4, 0.5) is 0 Å². The summed E-state index contributed by atoms with van der Waals surface area (Å²) in [4.78, 5) is 38.1. The van der Waals surface area contributed by atoms with E-state index >= 15 is 0 Å². The number of hydrogen-bond acceptors (Lipinski definition) is 6. The van der Waals surface area contributed by atoms with Crippen LogP contribution in [0.15, 0.2) is 122 Å². The number of rotatable bonds is 48. The highest BCUT2D eigenvalue weighted by molar-refractivity contribution is 5.71. The Morgan fingerprint density at radius 1 is 0.324 bits per heavy atom. The third-order valence-electron chi connectivity index (χ3n) is 11.3. The van der Waals surface area contributed by atoms with E-state index in [-0.39, 0.29) is 37.5 Å². The van der Waals surface area contributed by atoms with Crippen LogP contribution in [-0.4, -0.2) is 37.2 Å². The normalized spacial score (nSPS) is 13.0. The zero-order valence-corrected chi connectivity index (χ0v) is 43.8. The SMILES string of the molecule is CC\C=C/C=C\C=C/C=C\CCCCCCCC(=O)OCC(COC(=O)CC/C=C\C/C=C\C/C=C\C/C=C\C/C=C\C/C=C\CC)OC(=O)CCCCCCCCCCCCCCCCCC. The molecule has 0 aliphatic heterocycles. The summed E-state index contributed by atoms with van der Waals surface area (Å²) < 4.78 is 16.8. The smallest absolute Gasteiger partial charge is 0.306 e. The van der Waals surface area contributed by atoms with E-state index in [0.29, 0.717) is 19.3 Å². The zero-order valence-electron chi connectivity index (χ0n) is 43.8. The van der Waals surface area contributed by atoms with E-state index in [2.05, 4.69) is 118 Å². The second kappa shape index (κ2) is 55.4. The zero-order chi connectivity index (χ0) is 49.3. The molecule has 0 spiro atoms. The van der Waals surface area contributed by atoms with Gasteiger partial charge in [0, 0.05) is 19.3 Å². The molecular weight excluding hydrogens is 841 g/mol. The van der Waals surface area contributed by atoms with E-state index in [1.165, 1.54) is 83.5 Å². The van der Waals surface area contributed by atoms with Crippen LogP contribution < -0.4 is 0 Å². The fraction of sp³-hybridized carbons (Fsp3) is 0.629. The molecule has 6 heteroatoms. The van der Waals surface area contributed by atoms with Crippen molar-refractivity contribution in [1.82, 2.24) is 0 Å². The molecule has 0 bridgehead atoms. The van der Waals surface area contributed by atoms with Gasteiger partial charge in [-0.1, -0.05) is 258 Å². The first-order valence-corrected chi connectivity index (χ1v) is 27.6. The Bertz CT molecular complexity index is 1450. The van der Waals surface area contributed by atoms with Gasteiger partial charge in [0.15, 0.2) is 6.10 Å². The molecule has 0 aromatic heterocycles. The average molecular weight is 941 g/mol. The lowest BCUT2D eigenvalue weighted by Crippen LogP contribution is -2.30. The number of carbonyl (C=O) groups is 3. The highest BCUT2D eigenvalue weighted by Crippen LogP contribution is 2.15. The third kappa shape index (κ3) is 52.8. The standard InChI is InChI=1S/C62H100O6/c1-4-7-10-13-16-19-22-25-28-30-31-32-35-37-40-43-46-49-52-55-61(64)67-58-59(57-66-60(63)54-51-48-45-42-39-36-33-27-24-21-18-15-12-9-6-3)68-62(65)56-53-50-47-44-41-38-34-29-26-23-20-17-14-11-8-5-2/h7,9-10,12,15-16,18-19,21,24-25,27-28,31-33,37,40,46,49,59H,4-6,8,11,13-14,17,20,22-23,26,29-30,34-36,38-39,41-45,47-48,50-58H2,1-3H3/b10-7-,12-9-,18-15-,19-16-,24-21-,28-25-,32-31-,33-27-,40-37-,49-46-. The summed E-state index contributed by atoms with van der Waals surface area (Å²) in [5, 5.41) is 0. The summed E-state index contributed by atoms with van der Waals surface area (Å²) in [6.45, 7) is 6.30. The summed E-state index contributed by atoms with van der Waals surface area (Å²) in [7, 11) is 0. The van der Waals surface area contributed by atoms with Crippen molar-refractivity contribution in [2.45, 2.75) is 239 Å². The lowest BCUT2D eigenvalue weighted by molar-refractivity contribution is -0.166. The molecule has 68 heavy (non-hydrogen) atoms. The van der Waals surface area contributed by atoms with Gasteiger partial charge in [0.2, 0.25) is 0 Å². The van der Waals surface area contributed by atoms with Gasteiger partial charge in [-0.05, 0) is 77.0 Å². The number of carbonyl (C=O) groups excluding carboxylic acids is 3. The first kappa shape index (κ1) is 63.8. The van der Waals surface area contributed by atoms with Crippen LogP contribution in [0.25, 0.3) is 0 Å². The Morgan fingerprint density at radius 3 is 1.13 bits per heavy atom. The molecule has 384 valence electrons. The molecule has 0 heterocycles. The lowest BCUT2D eigenvalue weighted by Gasteiger charge is -2.18. The molecule has 0 saturated carbocycles. The summed E-state index contributed by atoms with van der Waals surface area (Å²) in [6.07, 6.45) is 76.2. The molecule has 0 aliphatic rings. The average Bonchev–Trinajstić information content (AvgIpc) is 3.34. The van der Waals surface area contributed by atoms with Crippen molar-refractivity contribution in [3.63, 3.8) is 0 Å². The topological polar surface area (TPSA) is 78.9 Å². The summed E-state index contributed by atoms with van der Waals surface area (Å²) in [5.41, 5.74) is 0. The van der Waals surface area contributed by atoms with Crippen LogP contribution in [0, 0.1) is 0 Å². The van der Waals surface area contributed by atoms with Crippen LogP contribution in [0.5, 0.6) is 0 Å². The second-order valence-electron chi connectivity index (χ2n) is 17.8. The van der Waals surface area contributed by atoms with Gasteiger partial charge in [-0.3, -0.25) is 14.4 Å². The largest absolute Gasteiger partial charge is 0.462 e. The van der Waals surface area contributed by atoms with E-state index in [0.717, 1.165) is 103 Å². The van der Waals surface area contributed by atoms with Crippen molar-refractivity contribution < 1.29 is 28.6 Å². The van der Waals surface area contributed by atoms with Crippen LogP contribution in [0.3, 0.4) is 0 Å². The molecule has 0 aromatic carbocycles. The van der Waals surface area contributed by atoms with Gasteiger partial charge in [0.05, 0.1) is 0 Å². The number of unbranched alkanes of at least 4 members (excludes halogenated alkanes) is 20. The van der Waals surface area contributed by atoms with Crippen molar-refractivity contribution in [2.75, 3.05) is 13.2 Å². The highest BCUT2D eigenvalue weighted by Gasteiger charge is 2.19. The Morgan fingerprint density at radius 2 is 0.676 bits per heavy atom. The van der Waals surface area contributed by atoms with Gasteiger partial charge < -0.3 is 14.2 Å². The molecule has 0 radical (unpaired) electrons. The molecule has 0 aliphatic carbocycles. The van der Waals surface area contributed by atoms with Gasteiger partial charge in [-0.2, -0.15) is 0 Å². The monoisotopic (exact) mass is 941 g/mol. The van der Waals surface area contributed by atoms with Crippen molar-refractivity contribution >= 4 is 17.9 Å². The highest BCUT2D eigenvalue weighted by atomic mass is 16.6. The van der Waals surface area contributed by atoms with Gasteiger partial charge >= 0.3 is 17.9 Å². The minimum absolute atomic E-state index is 0.115. The lowest BCUT2D eigenvalue weighted by atomic mass is 10.0. The van der Waals surface area contributed by atoms with Gasteiger partial charge in [0.1, 0.15) is 13.2 Å². The maximum atomic E-state index is 12.8. The maximum Gasteiger partial charge on any atom is 0.306 e.